The van der Waals surface area contributed by atoms with Gasteiger partial charge in [-0.25, -0.2) is 18.7 Å². The molecule has 0 aliphatic carbocycles. The number of aryl methyl sites for hydroxylation is 1. The van der Waals surface area contributed by atoms with Crippen LogP contribution in [0.5, 0.6) is 5.75 Å². The van der Waals surface area contributed by atoms with Crippen molar-refractivity contribution < 1.29 is 18.3 Å². The molecular formula is C23H20F2N4O2. The molecule has 2 aromatic carbocycles. The van der Waals surface area contributed by atoms with Crippen LogP contribution in [0.25, 0.3) is 11.2 Å². The lowest BCUT2D eigenvalue weighted by Crippen LogP contribution is -2.15. The van der Waals surface area contributed by atoms with E-state index in [2.05, 4.69) is 15.3 Å². The molecule has 4 aromatic rings. The van der Waals surface area contributed by atoms with E-state index in [1.807, 2.05) is 34.9 Å². The molecule has 0 radical (unpaired) electrons. The SMILES string of the molecule is COc1ccc(Cn2c(CCC(=O)Nc3ccc(F)cc3F)nc3cccnc32)cc1. The second-order valence-corrected chi connectivity index (χ2v) is 6.98. The van der Waals surface area contributed by atoms with Crippen LogP contribution in [-0.2, 0) is 17.8 Å². The van der Waals surface area contributed by atoms with Crippen LogP contribution in [0, 0.1) is 11.6 Å². The van der Waals surface area contributed by atoms with E-state index in [1.54, 1.807) is 19.4 Å². The van der Waals surface area contributed by atoms with Gasteiger partial charge < -0.3 is 14.6 Å². The monoisotopic (exact) mass is 422 g/mol. The third-order valence-corrected chi connectivity index (χ3v) is 4.86. The van der Waals surface area contributed by atoms with Gasteiger partial charge in [0.05, 0.1) is 19.3 Å². The molecule has 0 atom stereocenters. The number of pyridine rings is 1. The largest absolute Gasteiger partial charge is 0.497 e. The van der Waals surface area contributed by atoms with Gasteiger partial charge in [0.2, 0.25) is 5.91 Å². The number of nitrogens with zero attached hydrogens (tertiary/aromatic N) is 3. The van der Waals surface area contributed by atoms with E-state index in [4.69, 9.17) is 4.74 Å². The maximum absolute atomic E-state index is 13.8. The number of aromatic nitrogens is 3. The number of hydrogen-bond donors (Lipinski definition) is 1. The van der Waals surface area contributed by atoms with Gasteiger partial charge in [0.1, 0.15) is 28.7 Å². The predicted molar refractivity (Wildman–Crippen MR) is 113 cm³/mol. The first-order valence-electron chi connectivity index (χ1n) is 9.71. The van der Waals surface area contributed by atoms with Crippen LogP contribution >= 0.6 is 0 Å². The van der Waals surface area contributed by atoms with Crippen LogP contribution < -0.4 is 10.1 Å². The molecule has 0 aliphatic rings. The van der Waals surface area contributed by atoms with Crippen molar-refractivity contribution in [3.63, 3.8) is 0 Å². The van der Waals surface area contributed by atoms with E-state index < -0.39 is 11.6 Å². The zero-order valence-electron chi connectivity index (χ0n) is 16.8. The van der Waals surface area contributed by atoms with Gasteiger partial charge in [-0.3, -0.25) is 4.79 Å². The minimum Gasteiger partial charge on any atom is -0.497 e. The van der Waals surface area contributed by atoms with Crippen molar-refractivity contribution in [1.29, 1.82) is 0 Å². The van der Waals surface area contributed by atoms with Gasteiger partial charge in [-0.1, -0.05) is 12.1 Å². The topological polar surface area (TPSA) is 69.0 Å². The summed E-state index contributed by atoms with van der Waals surface area (Å²) in [6, 6.07) is 14.4. The molecule has 0 spiro atoms. The Bertz CT molecular complexity index is 1220. The number of nitrogens with one attached hydrogen (secondary N) is 1. The number of methoxy groups -OCH3 is 1. The average Bonchev–Trinajstić information content (AvgIpc) is 3.12. The number of rotatable bonds is 7. The summed E-state index contributed by atoms with van der Waals surface area (Å²) < 4.78 is 34.0. The number of carbonyl (C=O) groups is 1. The molecule has 0 aliphatic heterocycles. The van der Waals surface area contributed by atoms with Crippen molar-refractivity contribution in [1.82, 2.24) is 14.5 Å². The lowest BCUT2D eigenvalue weighted by molar-refractivity contribution is -0.116. The van der Waals surface area contributed by atoms with E-state index >= 15 is 0 Å². The average molecular weight is 422 g/mol. The standard InChI is InChI=1S/C23H20F2N4O2/c1-31-17-7-4-15(5-8-17)14-29-21(27-20-3-2-12-26-23(20)29)10-11-22(30)28-19-9-6-16(24)13-18(19)25/h2-9,12-13H,10-11,14H2,1H3,(H,28,30). The molecule has 31 heavy (non-hydrogen) atoms. The fourth-order valence-corrected chi connectivity index (χ4v) is 3.30. The Morgan fingerprint density at radius 3 is 2.68 bits per heavy atom. The third kappa shape index (κ3) is 4.69. The molecule has 158 valence electrons. The van der Waals surface area contributed by atoms with Crippen LogP contribution in [0.2, 0.25) is 0 Å². The van der Waals surface area contributed by atoms with E-state index in [0.29, 0.717) is 18.8 Å². The first kappa shape index (κ1) is 20.5. The van der Waals surface area contributed by atoms with E-state index in [-0.39, 0.29) is 18.0 Å². The van der Waals surface area contributed by atoms with Crippen LogP contribution in [0.4, 0.5) is 14.5 Å². The number of anilines is 1. The molecule has 0 bridgehead atoms. The third-order valence-electron chi connectivity index (χ3n) is 4.86. The van der Waals surface area contributed by atoms with E-state index in [0.717, 1.165) is 34.6 Å². The minimum atomic E-state index is -0.815. The zero-order valence-corrected chi connectivity index (χ0v) is 16.8. The van der Waals surface area contributed by atoms with Gasteiger partial charge in [0, 0.05) is 25.1 Å². The molecule has 0 saturated carbocycles. The number of imidazole rings is 1. The second-order valence-electron chi connectivity index (χ2n) is 6.98. The van der Waals surface area contributed by atoms with Crippen molar-refractivity contribution in [2.45, 2.75) is 19.4 Å². The van der Waals surface area contributed by atoms with Crippen LogP contribution in [0.3, 0.4) is 0 Å². The van der Waals surface area contributed by atoms with Gasteiger partial charge in [-0.05, 0) is 42.0 Å². The number of fused-ring (bicyclic) bond motifs is 1. The predicted octanol–water partition coefficient (Wildman–Crippen LogP) is 4.34. The summed E-state index contributed by atoms with van der Waals surface area (Å²) in [5, 5.41) is 2.48. The van der Waals surface area contributed by atoms with Crippen LogP contribution in [0.1, 0.15) is 17.8 Å². The Morgan fingerprint density at radius 1 is 1.13 bits per heavy atom. The summed E-state index contributed by atoms with van der Waals surface area (Å²) in [4.78, 5) is 21.4. The number of carbonyl (C=O) groups excluding carboxylic acids is 1. The summed E-state index contributed by atoms with van der Waals surface area (Å²) >= 11 is 0. The Balaban J connectivity index is 1.52. The van der Waals surface area contributed by atoms with E-state index in [1.165, 1.54) is 6.07 Å². The highest BCUT2D eigenvalue weighted by Gasteiger charge is 2.15. The van der Waals surface area contributed by atoms with Gasteiger partial charge >= 0.3 is 0 Å². The molecule has 4 rings (SSSR count). The number of benzene rings is 2. The van der Waals surface area contributed by atoms with Crippen molar-refractivity contribution in [2.24, 2.45) is 0 Å². The van der Waals surface area contributed by atoms with Crippen molar-refractivity contribution in [3.8, 4) is 5.75 Å². The smallest absolute Gasteiger partial charge is 0.224 e. The van der Waals surface area contributed by atoms with E-state index in [9.17, 15) is 13.6 Å². The van der Waals surface area contributed by atoms with Gasteiger partial charge in [-0.2, -0.15) is 0 Å². The Kier molecular flexibility index (Phi) is 5.88. The van der Waals surface area contributed by atoms with Crippen LogP contribution in [0.15, 0.2) is 60.8 Å². The molecule has 0 saturated heterocycles. The first-order valence-corrected chi connectivity index (χ1v) is 9.71. The Labute approximate surface area is 177 Å². The van der Waals surface area contributed by atoms with Crippen molar-refractivity contribution in [2.75, 3.05) is 12.4 Å². The lowest BCUT2D eigenvalue weighted by Gasteiger charge is -2.10. The summed E-state index contributed by atoms with van der Waals surface area (Å²) in [5.74, 6) is -0.442. The first-order chi connectivity index (χ1) is 15.0. The molecule has 6 nitrogen and oxygen atoms in total. The van der Waals surface area contributed by atoms with Crippen molar-refractivity contribution in [3.05, 3.63) is 83.8 Å². The highest BCUT2D eigenvalue weighted by Crippen LogP contribution is 2.20. The molecular weight excluding hydrogens is 402 g/mol. The highest BCUT2D eigenvalue weighted by atomic mass is 19.1. The summed E-state index contributed by atoms with van der Waals surface area (Å²) in [5.41, 5.74) is 2.43. The van der Waals surface area contributed by atoms with Gasteiger partial charge in [0.25, 0.3) is 0 Å². The Hall–Kier alpha value is -3.81. The van der Waals surface area contributed by atoms with Crippen molar-refractivity contribution >= 4 is 22.8 Å². The van der Waals surface area contributed by atoms with Gasteiger partial charge in [0.15, 0.2) is 5.65 Å². The maximum atomic E-state index is 13.8. The van der Waals surface area contributed by atoms with Crippen LogP contribution in [-0.4, -0.2) is 27.6 Å². The van der Waals surface area contributed by atoms with Gasteiger partial charge in [-0.15, -0.1) is 0 Å². The lowest BCUT2D eigenvalue weighted by atomic mass is 10.2. The number of hydrogen-bond acceptors (Lipinski definition) is 4. The fourth-order valence-electron chi connectivity index (χ4n) is 3.30. The summed E-state index contributed by atoms with van der Waals surface area (Å²) in [6.45, 7) is 0.529. The maximum Gasteiger partial charge on any atom is 0.224 e. The molecule has 8 heteroatoms. The molecule has 0 unspecified atom stereocenters. The normalized spacial score (nSPS) is 10.9. The molecule has 0 fully saturated rings. The number of amides is 1. The molecule has 1 amide bonds. The molecule has 2 aromatic heterocycles. The number of halogens is 2. The fraction of sp³-hybridized carbons (Fsp3) is 0.174. The molecule has 1 N–H and O–H groups in total. The molecule has 2 heterocycles. The summed E-state index contributed by atoms with van der Waals surface area (Å²) in [7, 11) is 1.61. The second kappa shape index (κ2) is 8.91. The number of ether oxygens (including phenoxy) is 1. The Morgan fingerprint density at radius 2 is 1.94 bits per heavy atom. The highest BCUT2D eigenvalue weighted by molar-refractivity contribution is 5.91. The summed E-state index contributed by atoms with van der Waals surface area (Å²) in [6.07, 6.45) is 2.12. The minimum absolute atomic E-state index is 0.0557. The zero-order chi connectivity index (χ0) is 21.8. The quantitative estimate of drug-likeness (QED) is 0.481.